The van der Waals surface area contributed by atoms with Crippen LogP contribution in [0.2, 0.25) is 0 Å². The van der Waals surface area contributed by atoms with Gasteiger partial charge >= 0.3 is 0 Å². The van der Waals surface area contributed by atoms with E-state index in [1.807, 2.05) is 19.1 Å². The number of rotatable bonds is 3. The molecule has 4 nitrogen and oxygen atoms in total. The highest BCUT2D eigenvalue weighted by Crippen LogP contribution is 2.21. The predicted molar refractivity (Wildman–Crippen MR) is 68.8 cm³/mol. The smallest absolute Gasteiger partial charge is 0.132 e. The van der Waals surface area contributed by atoms with Crippen LogP contribution >= 0.6 is 0 Å². The van der Waals surface area contributed by atoms with Gasteiger partial charge in [-0.25, -0.2) is 4.98 Å². The maximum Gasteiger partial charge on any atom is 0.132 e. The summed E-state index contributed by atoms with van der Waals surface area (Å²) < 4.78 is 0. The third kappa shape index (κ3) is 2.73. The topological polar surface area (TPSA) is 57.2 Å². The van der Waals surface area contributed by atoms with Crippen LogP contribution in [0.4, 0.5) is 17.2 Å². The molecule has 88 valence electrons. The van der Waals surface area contributed by atoms with Crippen molar-refractivity contribution in [2.75, 3.05) is 10.8 Å². The van der Waals surface area contributed by atoms with Crippen LogP contribution in [0.5, 0.6) is 0 Å². The largest absolute Gasteiger partial charge is 0.340 e. The van der Waals surface area contributed by atoms with E-state index in [0.29, 0.717) is 11.5 Å². The van der Waals surface area contributed by atoms with Crippen LogP contribution < -0.4 is 10.8 Å². The molecule has 1 heterocycles. The first-order valence-electron chi connectivity index (χ1n) is 5.39. The van der Waals surface area contributed by atoms with Gasteiger partial charge in [0, 0.05) is 18.0 Å². The third-order valence-corrected chi connectivity index (χ3v) is 2.53. The van der Waals surface area contributed by atoms with E-state index in [9.17, 15) is 0 Å². The van der Waals surface area contributed by atoms with Gasteiger partial charge in [0.25, 0.3) is 0 Å². The zero-order chi connectivity index (χ0) is 12.3. The number of aryl methyl sites for hydroxylation is 2. The summed E-state index contributed by atoms with van der Waals surface area (Å²) in [6.07, 6.45) is 1.63. The molecule has 0 aliphatic heterocycles. The molecule has 17 heavy (non-hydrogen) atoms. The van der Waals surface area contributed by atoms with E-state index in [0.717, 1.165) is 11.3 Å². The monoisotopic (exact) mass is 229 g/mol. The first-order chi connectivity index (χ1) is 8.19. The predicted octanol–water partition coefficient (Wildman–Crippen LogP) is 3.24. The highest BCUT2D eigenvalue weighted by molar-refractivity contribution is 5.63. The summed E-state index contributed by atoms with van der Waals surface area (Å²) in [6, 6.07) is 9.60. The second kappa shape index (κ2) is 4.84. The summed E-state index contributed by atoms with van der Waals surface area (Å²) in [7, 11) is 0. The molecule has 0 radical (unpaired) electrons. The van der Waals surface area contributed by atoms with Crippen LogP contribution in [-0.4, -0.2) is 10.2 Å². The van der Waals surface area contributed by atoms with Crippen molar-refractivity contribution in [3.05, 3.63) is 47.7 Å². The Balaban J connectivity index is 2.25. The lowest BCUT2D eigenvalue weighted by Crippen LogP contribution is -1.97. The quantitative estimate of drug-likeness (QED) is 0.707. The highest BCUT2D eigenvalue weighted by atomic mass is 16.5. The molecule has 0 aliphatic carbocycles. The van der Waals surface area contributed by atoms with Gasteiger partial charge in [-0.2, -0.15) is 0 Å². The Morgan fingerprint density at radius 3 is 2.65 bits per heavy atom. The number of anilines is 3. The Hall–Kier alpha value is -2.07. The minimum Gasteiger partial charge on any atom is -0.340 e. The van der Waals surface area contributed by atoms with Gasteiger partial charge in [-0.1, -0.05) is 17.7 Å². The maximum atomic E-state index is 8.81. The van der Waals surface area contributed by atoms with Crippen LogP contribution in [0, 0.1) is 13.8 Å². The average molecular weight is 229 g/mol. The standard InChI is InChI=1S/C13H15N3O/c1-9-3-4-12(10(2)7-9)15-13-8-11(16-17)5-6-14-13/h3-8,17H,1-2H3,(H2,14,15,16). The zero-order valence-electron chi connectivity index (χ0n) is 9.86. The van der Waals surface area contributed by atoms with Crippen molar-refractivity contribution in [2.24, 2.45) is 0 Å². The molecule has 2 aromatic rings. The molecular weight excluding hydrogens is 214 g/mol. The van der Waals surface area contributed by atoms with E-state index in [2.05, 4.69) is 28.8 Å². The zero-order valence-corrected chi connectivity index (χ0v) is 9.86. The first-order valence-corrected chi connectivity index (χ1v) is 5.39. The van der Waals surface area contributed by atoms with E-state index in [1.54, 1.807) is 18.3 Å². The lowest BCUT2D eigenvalue weighted by molar-refractivity contribution is 0.389. The Labute approximate surface area is 100 Å². The number of hydrogen-bond donors (Lipinski definition) is 3. The van der Waals surface area contributed by atoms with Crippen molar-refractivity contribution < 1.29 is 5.21 Å². The number of aromatic nitrogens is 1. The molecule has 1 aromatic heterocycles. The third-order valence-electron chi connectivity index (χ3n) is 2.53. The normalized spacial score (nSPS) is 10.1. The fourth-order valence-electron chi connectivity index (χ4n) is 1.66. The van der Waals surface area contributed by atoms with Crippen molar-refractivity contribution >= 4 is 17.2 Å². The molecule has 0 saturated carbocycles. The van der Waals surface area contributed by atoms with Gasteiger partial charge in [-0.3, -0.25) is 10.7 Å². The Kier molecular flexibility index (Phi) is 3.25. The van der Waals surface area contributed by atoms with Crippen LogP contribution in [-0.2, 0) is 0 Å². The fourth-order valence-corrected chi connectivity index (χ4v) is 1.66. The Morgan fingerprint density at radius 1 is 1.12 bits per heavy atom. The molecule has 0 aliphatic rings. The molecule has 0 saturated heterocycles. The van der Waals surface area contributed by atoms with Crippen LogP contribution in [0.1, 0.15) is 11.1 Å². The number of benzene rings is 1. The van der Waals surface area contributed by atoms with E-state index >= 15 is 0 Å². The molecule has 3 N–H and O–H groups in total. The van der Waals surface area contributed by atoms with E-state index in [1.165, 1.54) is 5.56 Å². The SMILES string of the molecule is Cc1ccc(Nc2cc(NO)ccn2)c(C)c1. The molecule has 0 fully saturated rings. The van der Waals surface area contributed by atoms with Crippen molar-refractivity contribution in [1.82, 2.24) is 4.98 Å². The van der Waals surface area contributed by atoms with Gasteiger partial charge in [-0.05, 0) is 31.5 Å². The van der Waals surface area contributed by atoms with Crippen LogP contribution in [0.25, 0.3) is 0 Å². The van der Waals surface area contributed by atoms with Crippen molar-refractivity contribution in [3.8, 4) is 0 Å². The van der Waals surface area contributed by atoms with Gasteiger partial charge in [0.2, 0.25) is 0 Å². The van der Waals surface area contributed by atoms with Crippen LogP contribution in [0.3, 0.4) is 0 Å². The van der Waals surface area contributed by atoms with Gasteiger partial charge in [0.1, 0.15) is 5.82 Å². The molecule has 1 aromatic carbocycles. The molecular formula is C13H15N3O. The minimum absolute atomic E-state index is 0.604. The maximum absolute atomic E-state index is 8.81. The number of nitrogens with zero attached hydrogens (tertiary/aromatic N) is 1. The van der Waals surface area contributed by atoms with Gasteiger partial charge in [0.15, 0.2) is 0 Å². The molecule has 0 spiro atoms. The molecule has 0 bridgehead atoms. The minimum atomic E-state index is 0.604. The number of nitrogens with one attached hydrogen (secondary N) is 2. The van der Waals surface area contributed by atoms with Crippen LogP contribution in [0.15, 0.2) is 36.5 Å². The Morgan fingerprint density at radius 2 is 1.94 bits per heavy atom. The molecule has 2 rings (SSSR count). The highest BCUT2D eigenvalue weighted by Gasteiger charge is 2.01. The number of hydrogen-bond acceptors (Lipinski definition) is 4. The van der Waals surface area contributed by atoms with E-state index in [-0.39, 0.29) is 0 Å². The number of pyridine rings is 1. The second-order valence-corrected chi connectivity index (χ2v) is 3.98. The Bertz CT molecular complexity index is 526. The van der Waals surface area contributed by atoms with E-state index in [4.69, 9.17) is 5.21 Å². The van der Waals surface area contributed by atoms with Crippen molar-refractivity contribution in [2.45, 2.75) is 13.8 Å². The summed E-state index contributed by atoms with van der Waals surface area (Å²) in [5, 5.41) is 12.0. The molecule has 4 heteroatoms. The van der Waals surface area contributed by atoms with Gasteiger partial charge in [-0.15, -0.1) is 0 Å². The summed E-state index contributed by atoms with van der Waals surface area (Å²) in [4.78, 5) is 4.18. The fraction of sp³-hybridized carbons (Fsp3) is 0.154. The van der Waals surface area contributed by atoms with E-state index < -0.39 is 0 Å². The lowest BCUT2D eigenvalue weighted by Gasteiger charge is -2.10. The summed E-state index contributed by atoms with van der Waals surface area (Å²) in [5.74, 6) is 0.691. The molecule has 0 unspecified atom stereocenters. The van der Waals surface area contributed by atoms with Crippen molar-refractivity contribution in [3.63, 3.8) is 0 Å². The first kappa shape index (κ1) is 11.4. The summed E-state index contributed by atoms with van der Waals surface area (Å²) in [5.41, 5.74) is 6.10. The molecule has 0 amide bonds. The lowest BCUT2D eigenvalue weighted by atomic mass is 10.1. The van der Waals surface area contributed by atoms with Crippen molar-refractivity contribution in [1.29, 1.82) is 0 Å². The van der Waals surface area contributed by atoms with Gasteiger partial charge in [0.05, 0.1) is 5.69 Å². The second-order valence-electron chi connectivity index (χ2n) is 3.98. The molecule has 0 atom stereocenters. The average Bonchev–Trinajstić information content (AvgIpc) is 2.33. The summed E-state index contributed by atoms with van der Waals surface area (Å²) in [6.45, 7) is 4.11. The van der Waals surface area contributed by atoms with Gasteiger partial charge < -0.3 is 5.32 Å². The summed E-state index contributed by atoms with van der Waals surface area (Å²) >= 11 is 0.